The van der Waals surface area contributed by atoms with Gasteiger partial charge in [-0.1, -0.05) is 0 Å². The number of hydrogen-bond acceptors (Lipinski definition) is 2. The zero-order chi connectivity index (χ0) is 4.28. The van der Waals surface area contributed by atoms with E-state index in [1.165, 1.54) is 0 Å². The van der Waals surface area contributed by atoms with Crippen molar-refractivity contribution in [3.05, 3.63) is 0 Å². The van der Waals surface area contributed by atoms with Crippen LogP contribution in [0.1, 0.15) is 6.92 Å². The first kappa shape index (κ1) is 5.66. The Labute approximate surface area is 41.0 Å². The van der Waals surface area contributed by atoms with Gasteiger partial charge >= 0.3 is 40.5 Å². The maximum absolute atomic E-state index is 8.25. The summed E-state index contributed by atoms with van der Waals surface area (Å²) in [5.74, 6) is 0. The van der Waals surface area contributed by atoms with Crippen LogP contribution in [0.3, 0.4) is 0 Å². The second-order valence-corrected chi connectivity index (χ2v) is 2.34. The second kappa shape index (κ2) is 2.87. The van der Waals surface area contributed by atoms with Gasteiger partial charge in [0.1, 0.15) is 0 Å². The van der Waals surface area contributed by atoms with Crippen LogP contribution in [0, 0.1) is 0 Å². The monoisotopic (exact) mass is 168 g/mol. The summed E-state index contributed by atoms with van der Waals surface area (Å²) >= 11 is 0.154. The van der Waals surface area contributed by atoms with Gasteiger partial charge in [-0.05, 0) is 0 Å². The summed E-state index contributed by atoms with van der Waals surface area (Å²) in [6.07, 6.45) is 0. The molecule has 1 unspecified atom stereocenters. The third-order valence-corrected chi connectivity index (χ3v) is 0.860. The molecule has 0 aromatic heterocycles. The van der Waals surface area contributed by atoms with Crippen LogP contribution in [0.2, 0.25) is 0 Å². The van der Waals surface area contributed by atoms with Crippen LogP contribution in [0.25, 0.3) is 0 Å². The molecule has 0 radical (unpaired) electrons. The van der Waals surface area contributed by atoms with Gasteiger partial charge in [-0.3, -0.25) is 0 Å². The molecule has 0 fully saturated rings. The van der Waals surface area contributed by atoms with Gasteiger partial charge in [0.15, 0.2) is 0 Å². The molecule has 0 spiro atoms. The number of rotatable bonds is 1. The van der Waals surface area contributed by atoms with E-state index in [9.17, 15) is 0 Å². The van der Waals surface area contributed by atoms with Crippen molar-refractivity contribution in [2.24, 2.45) is 4.14 Å². The Morgan fingerprint density at radius 1 is 2.00 bits per heavy atom. The van der Waals surface area contributed by atoms with E-state index in [0.717, 1.165) is 0 Å². The van der Waals surface area contributed by atoms with E-state index < -0.39 is 0 Å². The van der Waals surface area contributed by atoms with Crippen LogP contribution in [0.5, 0.6) is 0 Å². The summed E-state index contributed by atoms with van der Waals surface area (Å²) in [7, 11) is 0. The molecule has 0 aliphatic heterocycles. The van der Waals surface area contributed by atoms with Crippen LogP contribution in [0.15, 0.2) is 0 Å². The second-order valence-electron chi connectivity index (χ2n) is 0.611. The third-order valence-electron chi connectivity index (χ3n) is 0.145. The first-order valence-electron chi connectivity index (χ1n) is 1.18. The summed E-state index contributed by atoms with van der Waals surface area (Å²) in [6.45, 7) is 1.67. The molecule has 0 saturated carbocycles. The molecule has 1 atom stereocenters. The molecule has 0 heterocycles. The predicted molar refractivity (Wildman–Crippen MR) is 15.9 cm³/mol. The topological polar surface area (TPSA) is 46.2 Å². The minimum absolute atomic E-state index is 0.154. The molecular formula is C2H7AgNO. The molecule has 3 N–H and O–H groups in total. The molecule has 0 aliphatic carbocycles. The van der Waals surface area contributed by atoms with E-state index in [1.54, 1.807) is 6.92 Å². The van der Waals surface area contributed by atoms with E-state index >= 15 is 0 Å². The number of aliphatic hydroxyl groups excluding tert-OH is 1. The van der Waals surface area contributed by atoms with E-state index in [1.807, 2.05) is 0 Å². The van der Waals surface area contributed by atoms with Gasteiger partial charge in [-0.2, -0.15) is 0 Å². The molecular weight excluding hydrogens is 162 g/mol. The number of aliphatic hydroxyl groups is 1. The number of nitrogens with two attached hydrogens (primary N) is 1. The SMILES string of the molecule is C[CH](O)[Ag][NH2]. The molecule has 0 rings (SSSR count). The predicted octanol–water partition coefficient (Wildman–Crippen LogP) is -0.719. The Morgan fingerprint density at radius 3 is 2.20 bits per heavy atom. The molecule has 0 aromatic carbocycles. The van der Waals surface area contributed by atoms with Gasteiger partial charge in [0.2, 0.25) is 0 Å². The molecule has 0 saturated heterocycles. The van der Waals surface area contributed by atoms with Gasteiger partial charge in [0.25, 0.3) is 0 Å². The Balaban J connectivity index is 2.54. The van der Waals surface area contributed by atoms with Crippen molar-refractivity contribution in [2.45, 2.75) is 11.2 Å². The normalized spacial score (nSPS) is 15.8. The molecule has 0 amide bonds. The van der Waals surface area contributed by atoms with Crippen LogP contribution in [0.4, 0.5) is 0 Å². The van der Waals surface area contributed by atoms with Crippen LogP contribution >= 0.6 is 0 Å². The Hall–Kier alpha value is 0.660. The van der Waals surface area contributed by atoms with Gasteiger partial charge in [0.05, 0.1) is 0 Å². The summed E-state index contributed by atoms with van der Waals surface area (Å²) in [4.78, 5) is 0. The molecule has 0 aliphatic rings. The Kier molecular flexibility index (Phi) is 3.25. The Morgan fingerprint density at radius 2 is 2.20 bits per heavy atom. The summed E-state index contributed by atoms with van der Waals surface area (Å²) in [5.41, 5.74) is 0. The van der Waals surface area contributed by atoms with E-state index in [0.29, 0.717) is 0 Å². The molecule has 2 nitrogen and oxygen atoms in total. The van der Waals surface area contributed by atoms with Gasteiger partial charge in [-0.15, -0.1) is 0 Å². The van der Waals surface area contributed by atoms with E-state index in [4.69, 9.17) is 9.24 Å². The van der Waals surface area contributed by atoms with E-state index in [-0.39, 0.29) is 24.3 Å². The first-order chi connectivity index (χ1) is 2.27. The quantitative estimate of drug-likeness (QED) is 0.509. The molecule has 37 valence electrons. The Bertz CT molecular complexity index is 23.6. The van der Waals surface area contributed by atoms with Crippen molar-refractivity contribution in [1.82, 2.24) is 0 Å². The van der Waals surface area contributed by atoms with Crippen molar-refractivity contribution in [1.29, 1.82) is 0 Å². The van der Waals surface area contributed by atoms with Crippen molar-refractivity contribution in [2.75, 3.05) is 0 Å². The minimum atomic E-state index is -0.308. The van der Waals surface area contributed by atoms with Crippen molar-refractivity contribution >= 4 is 0 Å². The van der Waals surface area contributed by atoms with Crippen molar-refractivity contribution in [3.63, 3.8) is 0 Å². The molecule has 0 bridgehead atoms. The first-order valence-corrected chi connectivity index (χ1v) is 2.90. The van der Waals surface area contributed by atoms with Crippen molar-refractivity contribution in [3.8, 4) is 0 Å². The maximum atomic E-state index is 8.25. The zero-order valence-electron chi connectivity index (χ0n) is 2.90. The average molecular weight is 169 g/mol. The van der Waals surface area contributed by atoms with Crippen molar-refractivity contribution < 1.29 is 25.1 Å². The van der Waals surface area contributed by atoms with Gasteiger partial charge < -0.3 is 0 Å². The van der Waals surface area contributed by atoms with Crippen LogP contribution in [-0.4, -0.2) is 9.43 Å². The fraction of sp³-hybridized carbons (Fsp3) is 1.00. The summed E-state index contributed by atoms with van der Waals surface area (Å²) in [5, 5.41) is 8.25. The molecule has 3 heteroatoms. The summed E-state index contributed by atoms with van der Waals surface area (Å²) < 4.78 is 4.64. The molecule has 0 aromatic rings. The van der Waals surface area contributed by atoms with Gasteiger partial charge in [0, 0.05) is 0 Å². The van der Waals surface area contributed by atoms with E-state index in [2.05, 4.69) is 0 Å². The van der Waals surface area contributed by atoms with Crippen LogP contribution < -0.4 is 4.14 Å². The number of hydrogen-bond donors (Lipinski definition) is 2. The molecule has 5 heavy (non-hydrogen) atoms. The summed E-state index contributed by atoms with van der Waals surface area (Å²) in [6, 6.07) is 0. The van der Waals surface area contributed by atoms with Crippen LogP contribution in [-0.2, 0) is 20.0 Å². The fourth-order valence-corrected chi connectivity index (χ4v) is 0. The standard InChI is InChI=1S/C2H5O.Ag.H2N/c1-2-3;;/h2-3H,1H3;;1H2/q;+1;-1. The zero-order valence-corrected chi connectivity index (χ0v) is 4.39. The van der Waals surface area contributed by atoms with Gasteiger partial charge in [-0.25, -0.2) is 0 Å². The third kappa shape index (κ3) is 4.66. The fourth-order valence-electron chi connectivity index (χ4n) is 0. The average Bonchev–Trinajstić information content (AvgIpc) is 1.38.